The van der Waals surface area contributed by atoms with Crippen molar-refractivity contribution >= 4 is 17.7 Å². The van der Waals surface area contributed by atoms with Crippen molar-refractivity contribution in [1.29, 1.82) is 0 Å². The fraction of sp³-hybridized carbons (Fsp3) is 0.708. The number of aliphatic carboxylic acids is 1. The van der Waals surface area contributed by atoms with Gasteiger partial charge in [-0.05, 0) is 74.3 Å². The molecule has 2 heterocycles. The van der Waals surface area contributed by atoms with Gasteiger partial charge in [0.2, 0.25) is 5.91 Å². The molecular formula is C24H35N3O3. The molecule has 6 nitrogen and oxygen atoms in total. The number of nitrogens with zero attached hydrogens (tertiary/aromatic N) is 1. The van der Waals surface area contributed by atoms with Gasteiger partial charge >= 0.3 is 5.97 Å². The summed E-state index contributed by atoms with van der Waals surface area (Å²) in [5.41, 5.74) is 2.48. The second-order valence-corrected chi connectivity index (χ2v) is 9.46. The molecule has 3 saturated carbocycles. The molecule has 1 amide bonds. The first-order valence-corrected chi connectivity index (χ1v) is 11.8. The molecule has 4 aliphatic rings. The Bertz CT molecular complexity index is 752. The molecule has 3 fully saturated rings. The highest BCUT2D eigenvalue weighted by Crippen LogP contribution is 2.59. The second kappa shape index (κ2) is 9.80. The highest BCUT2D eigenvalue weighted by molar-refractivity contribution is 5.83. The van der Waals surface area contributed by atoms with Gasteiger partial charge in [-0.2, -0.15) is 0 Å². The molecule has 0 saturated heterocycles. The van der Waals surface area contributed by atoms with Crippen LogP contribution < -0.4 is 10.6 Å². The molecule has 164 valence electrons. The third kappa shape index (κ3) is 5.13. The number of fused-ring (bicyclic) bond motifs is 1. The second-order valence-electron chi connectivity index (χ2n) is 9.46. The predicted molar refractivity (Wildman–Crippen MR) is 116 cm³/mol. The van der Waals surface area contributed by atoms with Gasteiger partial charge in [0, 0.05) is 18.7 Å². The molecule has 0 spiro atoms. The first kappa shape index (κ1) is 21.1. The number of unbranched alkanes of at least 4 members (excludes halogenated alkanes) is 4. The lowest BCUT2D eigenvalue weighted by atomic mass is 9.47. The average molecular weight is 414 g/mol. The highest BCUT2D eigenvalue weighted by atomic mass is 16.4. The van der Waals surface area contributed by atoms with Crippen LogP contribution in [0.3, 0.4) is 0 Å². The largest absolute Gasteiger partial charge is 0.480 e. The van der Waals surface area contributed by atoms with Crippen LogP contribution in [0.2, 0.25) is 0 Å². The number of anilines is 1. The zero-order chi connectivity index (χ0) is 20.9. The molecule has 1 unspecified atom stereocenters. The van der Waals surface area contributed by atoms with Crippen LogP contribution in [-0.2, 0) is 22.4 Å². The lowest BCUT2D eigenvalue weighted by Crippen LogP contribution is -2.52. The van der Waals surface area contributed by atoms with Crippen molar-refractivity contribution in [3.8, 4) is 0 Å². The number of carboxylic acid groups (broad SMARTS) is 1. The van der Waals surface area contributed by atoms with E-state index in [0.717, 1.165) is 74.8 Å². The standard InChI is InChI=1S/C24H35N3O3/c28-22(15-20-17-13-18(20)14-17)27-21(24(29)30)9-5-3-1-2-4-8-19-11-10-16-7-6-12-25-23(16)26-19/h10-11,17-18,20-21H,1-9,12-15H2,(H,25,26)(H,27,28)(H,29,30). The van der Waals surface area contributed by atoms with Crippen LogP contribution in [0.4, 0.5) is 5.82 Å². The van der Waals surface area contributed by atoms with E-state index in [9.17, 15) is 14.7 Å². The van der Waals surface area contributed by atoms with Crippen LogP contribution in [0.5, 0.6) is 0 Å². The van der Waals surface area contributed by atoms with E-state index >= 15 is 0 Å². The molecule has 1 aromatic heterocycles. The molecule has 30 heavy (non-hydrogen) atoms. The monoisotopic (exact) mass is 413 g/mol. The Kier molecular flexibility index (Phi) is 6.90. The van der Waals surface area contributed by atoms with Gasteiger partial charge in [-0.1, -0.05) is 31.7 Å². The Morgan fingerprint density at radius 2 is 1.90 bits per heavy atom. The number of hydrogen-bond donors (Lipinski definition) is 3. The van der Waals surface area contributed by atoms with Gasteiger partial charge in [-0.3, -0.25) is 4.79 Å². The summed E-state index contributed by atoms with van der Waals surface area (Å²) in [6, 6.07) is 3.62. The van der Waals surface area contributed by atoms with Crippen LogP contribution in [0.25, 0.3) is 0 Å². The topological polar surface area (TPSA) is 91.3 Å². The third-order valence-corrected chi connectivity index (χ3v) is 7.35. The molecule has 0 aromatic carbocycles. The van der Waals surface area contributed by atoms with E-state index in [1.165, 1.54) is 24.8 Å². The summed E-state index contributed by atoms with van der Waals surface area (Å²) in [6.07, 6.45) is 12.1. The average Bonchev–Trinajstić information content (AvgIpc) is 2.68. The van der Waals surface area contributed by atoms with Gasteiger partial charge in [0.05, 0.1) is 0 Å². The van der Waals surface area contributed by atoms with E-state index < -0.39 is 12.0 Å². The van der Waals surface area contributed by atoms with Crippen molar-refractivity contribution in [2.75, 3.05) is 11.9 Å². The number of hydrogen-bond acceptors (Lipinski definition) is 4. The smallest absolute Gasteiger partial charge is 0.326 e. The van der Waals surface area contributed by atoms with Crippen molar-refractivity contribution < 1.29 is 14.7 Å². The maximum atomic E-state index is 12.1. The zero-order valence-electron chi connectivity index (χ0n) is 17.9. The van der Waals surface area contributed by atoms with Crippen LogP contribution in [0, 0.1) is 17.8 Å². The van der Waals surface area contributed by atoms with E-state index in [0.29, 0.717) is 18.8 Å². The number of aromatic nitrogens is 1. The van der Waals surface area contributed by atoms with Crippen molar-refractivity contribution in [3.05, 3.63) is 23.4 Å². The van der Waals surface area contributed by atoms with Gasteiger partial charge in [-0.15, -0.1) is 0 Å². The van der Waals surface area contributed by atoms with Crippen molar-refractivity contribution in [1.82, 2.24) is 10.3 Å². The Labute approximate surface area is 179 Å². The van der Waals surface area contributed by atoms with E-state index in [-0.39, 0.29) is 5.91 Å². The Morgan fingerprint density at radius 3 is 2.63 bits per heavy atom. The maximum absolute atomic E-state index is 12.1. The number of nitrogens with one attached hydrogen (secondary N) is 2. The van der Waals surface area contributed by atoms with Crippen LogP contribution >= 0.6 is 0 Å². The summed E-state index contributed by atoms with van der Waals surface area (Å²) in [5, 5.41) is 15.6. The first-order chi connectivity index (χ1) is 14.6. The number of rotatable bonds is 12. The number of pyridine rings is 1. The minimum absolute atomic E-state index is 0.0751. The normalized spacial score (nSPS) is 24.6. The lowest BCUT2D eigenvalue weighted by Gasteiger charge is -2.58. The molecule has 6 heteroatoms. The summed E-state index contributed by atoms with van der Waals surface area (Å²) in [4.78, 5) is 28.4. The molecule has 5 rings (SSSR count). The third-order valence-electron chi connectivity index (χ3n) is 7.35. The fourth-order valence-electron chi connectivity index (χ4n) is 5.15. The number of aryl methyl sites for hydroxylation is 2. The van der Waals surface area contributed by atoms with Gasteiger partial charge in [0.15, 0.2) is 0 Å². The van der Waals surface area contributed by atoms with Gasteiger partial charge in [0.1, 0.15) is 11.9 Å². The van der Waals surface area contributed by atoms with Gasteiger partial charge in [-0.25, -0.2) is 9.78 Å². The molecule has 3 N–H and O–H groups in total. The Hall–Kier alpha value is -2.11. The minimum Gasteiger partial charge on any atom is -0.480 e. The lowest BCUT2D eigenvalue weighted by molar-refractivity contribution is -0.144. The molecule has 3 aliphatic carbocycles. The van der Waals surface area contributed by atoms with Gasteiger partial charge in [0.25, 0.3) is 0 Å². The molecule has 1 atom stereocenters. The summed E-state index contributed by atoms with van der Waals surface area (Å²) < 4.78 is 0. The Balaban J connectivity index is 1.07. The summed E-state index contributed by atoms with van der Waals surface area (Å²) in [6.45, 7) is 1.02. The summed E-state index contributed by atoms with van der Waals surface area (Å²) >= 11 is 0. The van der Waals surface area contributed by atoms with Crippen molar-refractivity contribution in [3.63, 3.8) is 0 Å². The Morgan fingerprint density at radius 1 is 1.13 bits per heavy atom. The minimum atomic E-state index is -0.908. The fourth-order valence-corrected chi connectivity index (χ4v) is 5.15. The molecule has 1 aliphatic heterocycles. The number of carbonyl (C=O) groups excluding carboxylic acids is 1. The van der Waals surface area contributed by atoms with Crippen molar-refractivity contribution in [2.24, 2.45) is 17.8 Å². The number of carboxylic acids is 1. The number of amides is 1. The summed E-state index contributed by atoms with van der Waals surface area (Å²) in [7, 11) is 0. The van der Waals surface area contributed by atoms with Crippen LogP contribution in [0.15, 0.2) is 12.1 Å². The first-order valence-electron chi connectivity index (χ1n) is 11.8. The van der Waals surface area contributed by atoms with E-state index in [1.54, 1.807) is 0 Å². The predicted octanol–water partition coefficient (Wildman–Crippen LogP) is 3.94. The summed E-state index contributed by atoms with van der Waals surface area (Å²) in [5.74, 6) is 2.08. The quantitative estimate of drug-likeness (QED) is 0.452. The highest BCUT2D eigenvalue weighted by Gasteiger charge is 2.52. The zero-order valence-corrected chi connectivity index (χ0v) is 17.9. The van der Waals surface area contributed by atoms with E-state index in [4.69, 9.17) is 4.98 Å². The maximum Gasteiger partial charge on any atom is 0.326 e. The van der Waals surface area contributed by atoms with E-state index in [1.807, 2.05) is 0 Å². The van der Waals surface area contributed by atoms with Crippen molar-refractivity contribution in [2.45, 2.75) is 83.1 Å². The van der Waals surface area contributed by atoms with Gasteiger partial charge < -0.3 is 15.7 Å². The molecule has 1 aromatic rings. The molecule has 0 radical (unpaired) electrons. The SMILES string of the molecule is O=C(CC1C2CC1C2)NC(CCCCCCCc1ccc2c(n1)NCCC2)C(=O)O. The van der Waals surface area contributed by atoms with Crippen LogP contribution in [-0.4, -0.2) is 34.6 Å². The molecular weight excluding hydrogens is 378 g/mol. The molecule has 2 bridgehead atoms. The van der Waals surface area contributed by atoms with E-state index in [2.05, 4.69) is 22.8 Å². The number of carbonyl (C=O) groups is 2. The van der Waals surface area contributed by atoms with Crippen LogP contribution in [0.1, 0.15) is 75.5 Å².